The molecule has 1 aromatic heterocycles. The second kappa shape index (κ2) is 5.55. The first kappa shape index (κ1) is 13.1. The summed E-state index contributed by atoms with van der Waals surface area (Å²) < 4.78 is 0. The largest absolute Gasteiger partial charge is 0.348 e. The minimum absolute atomic E-state index is 0.0157. The van der Waals surface area contributed by atoms with Gasteiger partial charge in [0.25, 0.3) is 0 Å². The third-order valence-electron chi connectivity index (χ3n) is 2.59. The van der Waals surface area contributed by atoms with Crippen LogP contribution in [0.15, 0.2) is 30.5 Å². The Morgan fingerprint density at radius 3 is 2.72 bits per heavy atom. The molecule has 0 amide bonds. The lowest BCUT2D eigenvalue weighted by Gasteiger charge is -2.16. The maximum Gasteiger partial charge on any atom is 0.223 e. The van der Waals surface area contributed by atoms with E-state index in [0.717, 1.165) is 11.3 Å². The fourth-order valence-corrected chi connectivity index (χ4v) is 2.12. The van der Waals surface area contributed by atoms with Crippen LogP contribution >= 0.6 is 23.2 Å². The number of anilines is 1. The van der Waals surface area contributed by atoms with Crippen LogP contribution in [-0.2, 0) is 0 Å². The molecule has 0 saturated carbocycles. The third kappa shape index (κ3) is 2.92. The molecular weight excluding hydrogens is 269 g/mol. The summed E-state index contributed by atoms with van der Waals surface area (Å²) in [6.07, 6.45) is 1.72. The molecule has 0 aliphatic carbocycles. The van der Waals surface area contributed by atoms with Gasteiger partial charge >= 0.3 is 0 Å². The maximum atomic E-state index is 6.17. The first-order valence-electron chi connectivity index (χ1n) is 5.58. The van der Waals surface area contributed by atoms with Gasteiger partial charge in [-0.25, -0.2) is 9.97 Å². The Kier molecular flexibility index (Phi) is 4.04. The highest BCUT2D eigenvalue weighted by molar-refractivity contribution is 6.42. The summed E-state index contributed by atoms with van der Waals surface area (Å²) in [6.45, 7) is 3.91. The van der Waals surface area contributed by atoms with Crippen molar-refractivity contribution < 1.29 is 0 Å². The number of aromatic nitrogens is 2. The van der Waals surface area contributed by atoms with Gasteiger partial charge in [-0.05, 0) is 31.5 Å². The molecule has 2 aromatic rings. The number of halogens is 2. The molecule has 94 valence electrons. The van der Waals surface area contributed by atoms with E-state index < -0.39 is 0 Å². The van der Waals surface area contributed by atoms with Crippen molar-refractivity contribution in [2.24, 2.45) is 0 Å². The van der Waals surface area contributed by atoms with E-state index >= 15 is 0 Å². The predicted molar refractivity (Wildman–Crippen MR) is 75.3 cm³/mol. The molecule has 1 unspecified atom stereocenters. The second-order valence-electron chi connectivity index (χ2n) is 4.03. The third-order valence-corrected chi connectivity index (χ3v) is 3.42. The smallest absolute Gasteiger partial charge is 0.223 e. The standard InChI is InChI=1S/C13H13Cl2N3/c1-8-6-7-16-13(17-8)18-9(2)10-4-3-5-11(14)12(10)15/h3-7,9H,1-2H3,(H,16,17,18). The van der Waals surface area contributed by atoms with E-state index in [1.807, 2.05) is 32.0 Å². The van der Waals surface area contributed by atoms with Gasteiger partial charge in [0.05, 0.1) is 16.1 Å². The lowest BCUT2D eigenvalue weighted by atomic mass is 10.1. The average Bonchev–Trinajstić information content (AvgIpc) is 2.32. The van der Waals surface area contributed by atoms with Crippen molar-refractivity contribution in [3.05, 3.63) is 51.8 Å². The summed E-state index contributed by atoms with van der Waals surface area (Å²) in [5.74, 6) is 0.582. The van der Waals surface area contributed by atoms with E-state index in [0.29, 0.717) is 16.0 Å². The molecule has 1 N–H and O–H groups in total. The van der Waals surface area contributed by atoms with Gasteiger partial charge in [0.1, 0.15) is 0 Å². The molecule has 1 atom stereocenters. The Morgan fingerprint density at radius 1 is 1.22 bits per heavy atom. The van der Waals surface area contributed by atoms with Gasteiger partial charge < -0.3 is 5.32 Å². The molecule has 0 spiro atoms. The van der Waals surface area contributed by atoms with Crippen LogP contribution in [0.25, 0.3) is 0 Å². The molecule has 0 radical (unpaired) electrons. The molecule has 0 bridgehead atoms. The SMILES string of the molecule is Cc1ccnc(NC(C)c2cccc(Cl)c2Cl)n1. The summed E-state index contributed by atoms with van der Waals surface area (Å²) in [4.78, 5) is 8.45. The van der Waals surface area contributed by atoms with Crippen LogP contribution < -0.4 is 5.32 Å². The monoisotopic (exact) mass is 281 g/mol. The summed E-state index contributed by atoms with van der Waals surface area (Å²) in [6, 6.07) is 7.41. The van der Waals surface area contributed by atoms with Gasteiger partial charge in [-0.2, -0.15) is 0 Å². The van der Waals surface area contributed by atoms with Crippen molar-refractivity contribution in [2.45, 2.75) is 19.9 Å². The minimum atomic E-state index is -0.0157. The number of hydrogen-bond donors (Lipinski definition) is 1. The molecule has 2 rings (SSSR count). The van der Waals surface area contributed by atoms with E-state index in [1.54, 1.807) is 12.3 Å². The van der Waals surface area contributed by atoms with Crippen LogP contribution in [0.3, 0.4) is 0 Å². The number of rotatable bonds is 3. The molecule has 0 aliphatic heterocycles. The summed E-state index contributed by atoms with van der Waals surface area (Å²) >= 11 is 12.2. The van der Waals surface area contributed by atoms with Gasteiger partial charge in [-0.15, -0.1) is 0 Å². The topological polar surface area (TPSA) is 37.8 Å². The van der Waals surface area contributed by atoms with Crippen molar-refractivity contribution >= 4 is 29.2 Å². The molecular formula is C13H13Cl2N3. The zero-order chi connectivity index (χ0) is 13.1. The fraction of sp³-hybridized carbons (Fsp3) is 0.231. The van der Waals surface area contributed by atoms with Crippen molar-refractivity contribution in [3.63, 3.8) is 0 Å². The van der Waals surface area contributed by atoms with Crippen LogP contribution in [0.4, 0.5) is 5.95 Å². The van der Waals surface area contributed by atoms with Crippen LogP contribution in [0.5, 0.6) is 0 Å². The highest BCUT2D eigenvalue weighted by atomic mass is 35.5. The van der Waals surface area contributed by atoms with Crippen molar-refractivity contribution in [1.29, 1.82) is 0 Å². The van der Waals surface area contributed by atoms with E-state index in [9.17, 15) is 0 Å². The van der Waals surface area contributed by atoms with Gasteiger partial charge in [0.15, 0.2) is 0 Å². The fourth-order valence-electron chi connectivity index (χ4n) is 1.64. The Labute approximate surface area is 116 Å². The van der Waals surface area contributed by atoms with Crippen molar-refractivity contribution in [2.75, 3.05) is 5.32 Å². The molecule has 0 aliphatic rings. The molecule has 18 heavy (non-hydrogen) atoms. The normalized spacial score (nSPS) is 12.2. The van der Waals surface area contributed by atoms with Gasteiger partial charge in [0, 0.05) is 11.9 Å². The number of hydrogen-bond acceptors (Lipinski definition) is 3. The average molecular weight is 282 g/mol. The van der Waals surface area contributed by atoms with E-state index in [2.05, 4.69) is 15.3 Å². The Hall–Kier alpha value is -1.32. The van der Waals surface area contributed by atoms with Gasteiger partial charge in [-0.1, -0.05) is 35.3 Å². The summed E-state index contributed by atoms with van der Waals surface area (Å²) in [5, 5.41) is 4.31. The molecule has 0 saturated heterocycles. The molecule has 3 nitrogen and oxygen atoms in total. The van der Waals surface area contributed by atoms with E-state index in [-0.39, 0.29) is 6.04 Å². The van der Waals surface area contributed by atoms with Crippen molar-refractivity contribution in [1.82, 2.24) is 9.97 Å². The van der Waals surface area contributed by atoms with Crippen LogP contribution in [-0.4, -0.2) is 9.97 Å². The highest BCUT2D eigenvalue weighted by Gasteiger charge is 2.12. The number of benzene rings is 1. The quantitative estimate of drug-likeness (QED) is 0.913. The van der Waals surface area contributed by atoms with Crippen LogP contribution in [0.1, 0.15) is 24.2 Å². The molecule has 1 aromatic carbocycles. The number of nitrogens with zero attached hydrogens (tertiary/aromatic N) is 2. The zero-order valence-electron chi connectivity index (χ0n) is 10.1. The van der Waals surface area contributed by atoms with E-state index in [1.165, 1.54) is 0 Å². The molecule has 1 heterocycles. The Morgan fingerprint density at radius 2 is 2.00 bits per heavy atom. The first-order valence-corrected chi connectivity index (χ1v) is 6.33. The van der Waals surface area contributed by atoms with E-state index in [4.69, 9.17) is 23.2 Å². The van der Waals surface area contributed by atoms with Crippen LogP contribution in [0.2, 0.25) is 10.0 Å². The maximum absolute atomic E-state index is 6.17. The predicted octanol–water partition coefficient (Wildman–Crippen LogP) is 4.26. The molecule has 0 fully saturated rings. The Bertz CT molecular complexity index is 558. The lowest BCUT2D eigenvalue weighted by Crippen LogP contribution is -2.10. The summed E-state index contributed by atoms with van der Waals surface area (Å²) in [7, 11) is 0. The Balaban J connectivity index is 2.22. The molecule has 5 heteroatoms. The van der Waals surface area contributed by atoms with Crippen LogP contribution in [0, 0.1) is 6.92 Å². The highest BCUT2D eigenvalue weighted by Crippen LogP contribution is 2.30. The lowest BCUT2D eigenvalue weighted by molar-refractivity contribution is 0.857. The summed E-state index contributed by atoms with van der Waals surface area (Å²) in [5.41, 5.74) is 1.84. The van der Waals surface area contributed by atoms with Gasteiger partial charge in [-0.3, -0.25) is 0 Å². The number of aryl methyl sites for hydroxylation is 1. The first-order chi connectivity index (χ1) is 8.58. The van der Waals surface area contributed by atoms with Crippen molar-refractivity contribution in [3.8, 4) is 0 Å². The zero-order valence-corrected chi connectivity index (χ0v) is 11.6. The second-order valence-corrected chi connectivity index (χ2v) is 4.82. The number of nitrogens with one attached hydrogen (secondary N) is 1. The van der Waals surface area contributed by atoms with Gasteiger partial charge in [0.2, 0.25) is 5.95 Å². The minimum Gasteiger partial charge on any atom is -0.348 e.